The van der Waals surface area contributed by atoms with Crippen LogP contribution in [0.4, 0.5) is 5.82 Å². The zero-order chi connectivity index (χ0) is 19.4. The maximum absolute atomic E-state index is 12.5. The number of ether oxygens (including phenoxy) is 1. The number of anilines is 1. The summed E-state index contributed by atoms with van der Waals surface area (Å²) in [7, 11) is -3.09. The van der Waals surface area contributed by atoms with Gasteiger partial charge in [-0.05, 0) is 38.3 Å². The Kier molecular flexibility index (Phi) is 5.98. The highest BCUT2D eigenvalue weighted by atomic mass is 32.2. The maximum atomic E-state index is 12.5. The Morgan fingerprint density at radius 1 is 1.33 bits per heavy atom. The van der Waals surface area contributed by atoms with Crippen molar-refractivity contribution in [2.45, 2.75) is 32.2 Å². The summed E-state index contributed by atoms with van der Waals surface area (Å²) in [5.74, 6) is -0.312. The van der Waals surface area contributed by atoms with Crippen LogP contribution in [0.3, 0.4) is 0 Å². The average Bonchev–Trinajstić information content (AvgIpc) is 3.30. The lowest BCUT2D eigenvalue weighted by atomic mass is 10.2. The van der Waals surface area contributed by atoms with Gasteiger partial charge in [0.25, 0.3) is 5.91 Å². The SMILES string of the molecule is CCN(C(=O)COC(=O)c1cccnc1N1CCCC1)C1CCS(=O)(=O)C1. The Morgan fingerprint density at radius 3 is 2.70 bits per heavy atom. The van der Waals surface area contributed by atoms with Crippen molar-refractivity contribution < 1.29 is 22.7 Å². The Hall–Kier alpha value is -2.16. The van der Waals surface area contributed by atoms with E-state index in [0.717, 1.165) is 25.9 Å². The molecule has 0 aliphatic carbocycles. The van der Waals surface area contributed by atoms with Crippen LogP contribution >= 0.6 is 0 Å². The van der Waals surface area contributed by atoms with E-state index in [0.29, 0.717) is 24.3 Å². The predicted molar refractivity (Wildman–Crippen MR) is 100 cm³/mol. The number of likely N-dealkylation sites (N-methyl/N-ethyl adjacent to an activating group) is 1. The summed E-state index contributed by atoms with van der Waals surface area (Å²) in [6, 6.07) is 2.97. The summed E-state index contributed by atoms with van der Waals surface area (Å²) < 4.78 is 28.6. The number of nitrogens with zero attached hydrogens (tertiary/aromatic N) is 3. The van der Waals surface area contributed by atoms with Gasteiger partial charge in [-0.3, -0.25) is 4.79 Å². The van der Waals surface area contributed by atoms with E-state index in [-0.39, 0.29) is 23.5 Å². The highest BCUT2D eigenvalue weighted by Crippen LogP contribution is 2.23. The number of hydrogen-bond acceptors (Lipinski definition) is 7. The molecular weight excluding hydrogens is 370 g/mol. The molecule has 0 radical (unpaired) electrons. The third-order valence-corrected chi connectivity index (χ3v) is 6.80. The summed E-state index contributed by atoms with van der Waals surface area (Å²) in [4.78, 5) is 32.8. The second kappa shape index (κ2) is 8.24. The van der Waals surface area contributed by atoms with Crippen LogP contribution in [0.5, 0.6) is 0 Å². The smallest absolute Gasteiger partial charge is 0.342 e. The van der Waals surface area contributed by atoms with Gasteiger partial charge in [0.15, 0.2) is 16.4 Å². The largest absolute Gasteiger partial charge is 0.452 e. The van der Waals surface area contributed by atoms with E-state index in [9.17, 15) is 18.0 Å². The van der Waals surface area contributed by atoms with Crippen LogP contribution < -0.4 is 4.90 Å². The molecule has 1 amide bonds. The summed E-state index contributed by atoms with van der Waals surface area (Å²) >= 11 is 0. The molecule has 1 aromatic rings. The summed E-state index contributed by atoms with van der Waals surface area (Å²) in [5.41, 5.74) is 0.346. The first-order valence-corrected chi connectivity index (χ1v) is 11.1. The van der Waals surface area contributed by atoms with Gasteiger partial charge in [-0.2, -0.15) is 0 Å². The molecule has 2 aliphatic heterocycles. The average molecular weight is 395 g/mol. The zero-order valence-electron chi connectivity index (χ0n) is 15.5. The van der Waals surface area contributed by atoms with Crippen LogP contribution in [0, 0.1) is 0 Å². The predicted octanol–water partition coefficient (Wildman–Crippen LogP) is 0.874. The molecule has 2 aliphatic rings. The van der Waals surface area contributed by atoms with Crippen LogP contribution in [0.1, 0.15) is 36.5 Å². The van der Waals surface area contributed by atoms with Gasteiger partial charge in [-0.1, -0.05) is 0 Å². The molecule has 8 nitrogen and oxygen atoms in total. The van der Waals surface area contributed by atoms with Crippen molar-refractivity contribution >= 4 is 27.5 Å². The van der Waals surface area contributed by atoms with E-state index in [1.165, 1.54) is 4.90 Å². The highest BCUT2D eigenvalue weighted by molar-refractivity contribution is 7.91. The van der Waals surface area contributed by atoms with Gasteiger partial charge in [0.2, 0.25) is 0 Å². The molecule has 9 heteroatoms. The fourth-order valence-electron chi connectivity index (χ4n) is 3.68. The van der Waals surface area contributed by atoms with Crippen molar-refractivity contribution in [3.8, 4) is 0 Å². The topological polar surface area (TPSA) is 96.9 Å². The van der Waals surface area contributed by atoms with E-state index >= 15 is 0 Å². The van der Waals surface area contributed by atoms with Crippen molar-refractivity contribution in [3.05, 3.63) is 23.9 Å². The normalized spacial score (nSPS) is 21.2. The van der Waals surface area contributed by atoms with Crippen molar-refractivity contribution in [2.75, 3.05) is 42.6 Å². The molecule has 1 aromatic heterocycles. The first-order valence-electron chi connectivity index (χ1n) is 9.28. The molecule has 3 rings (SSSR count). The van der Waals surface area contributed by atoms with Gasteiger partial charge < -0.3 is 14.5 Å². The molecule has 2 saturated heterocycles. The molecule has 0 N–H and O–H groups in total. The first-order chi connectivity index (χ1) is 12.9. The zero-order valence-corrected chi connectivity index (χ0v) is 16.3. The fourth-order valence-corrected chi connectivity index (χ4v) is 5.42. The summed E-state index contributed by atoms with van der Waals surface area (Å²) in [5, 5.41) is 0. The fraction of sp³-hybridized carbons (Fsp3) is 0.611. The van der Waals surface area contributed by atoms with Crippen LogP contribution in [0.15, 0.2) is 18.3 Å². The van der Waals surface area contributed by atoms with E-state index in [1.807, 2.05) is 4.90 Å². The number of aromatic nitrogens is 1. The Labute approximate surface area is 159 Å². The van der Waals surface area contributed by atoms with Crippen molar-refractivity contribution in [1.29, 1.82) is 0 Å². The number of esters is 1. The number of carbonyl (C=O) groups excluding carboxylic acids is 2. The molecule has 0 spiro atoms. The molecule has 3 heterocycles. The number of hydrogen-bond donors (Lipinski definition) is 0. The van der Waals surface area contributed by atoms with E-state index in [1.54, 1.807) is 25.3 Å². The molecule has 27 heavy (non-hydrogen) atoms. The van der Waals surface area contributed by atoms with E-state index < -0.39 is 22.4 Å². The third kappa shape index (κ3) is 4.58. The Morgan fingerprint density at radius 2 is 2.07 bits per heavy atom. The second-order valence-electron chi connectivity index (χ2n) is 6.88. The molecule has 148 valence electrons. The van der Waals surface area contributed by atoms with Gasteiger partial charge in [0, 0.05) is 31.9 Å². The molecule has 1 unspecified atom stereocenters. The Balaban J connectivity index is 1.62. The van der Waals surface area contributed by atoms with Crippen LogP contribution in [-0.4, -0.2) is 74.0 Å². The monoisotopic (exact) mass is 395 g/mol. The highest BCUT2D eigenvalue weighted by Gasteiger charge is 2.34. The van der Waals surface area contributed by atoms with Gasteiger partial charge in [-0.15, -0.1) is 0 Å². The summed E-state index contributed by atoms with van der Waals surface area (Å²) in [6.45, 7) is 3.45. The van der Waals surface area contributed by atoms with Crippen LogP contribution in [0.25, 0.3) is 0 Å². The number of sulfone groups is 1. The van der Waals surface area contributed by atoms with Gasteiger partial charge in [0.1, 0.15) is 11.4 Å². The number of rotatable bonds is 6. The first kappa shape index (κ1) is 19.6. The number of carbonyl (C=O) groups is 2. The van der Waals surface area contributed by atoms with Crippen molar-refractivity contribution in [2.24, 2.45) is 0 Å². The van der Waals surface area contributed by atoms with Crippen LogP contribution in [-0.2, 0) is 19.4 Å². The standard InChI is InChI=1S/C18H25N3O5S/c1-2-21(14-7-11-27(24,25)13-14)16(22)12-26-18(23)15-6-5-8-19-17(15)20-9-3-4-10-20/h5-6,8,14H,2-4,7,9-13H2,1H3. The number of pyridine rings is 1. The van der Waals surface area contributed by atoms with Gasteiger partial charge >= 0.3 is 5.97 Å². The Bertz CT molecular complexity index is 805. The van der Waals surface area contributed by atoms with E-state index in [2.05, 4.69) is 4.98 Å². The molecule has 1 atom stereocenters. The molecule has 0 aromatic carbocycles. The van der Waals surface area contributed by atoms with Crippen molar-refractivity contribution in [3.63, 3.8) is 0 Å². The lowest BCUT2D eigenvalue weighted by Crippen LogP contribution is -2.43. The molecule has 2 fully saturated rings. The van der Waals surface area contributed by atoms with E-state index in [4.69, 9.17) is 4.74 Å². The molecule has 0 saturated carbocycles. The van der Waals surface area contributed by atoms with Crippen LogP contribution in [0.2, 0.25) is 0 Å². The minimum Gasteiger partial charge on any atom is -0.452 e. The minimum atomic E-state index is -3.09. The van der Waals surface area contributed by atoms with Gasteiger partial charge in [-0.25, -0.2) is 18.2 Å². The van der Waals surface area contributed by atoms with Gasteiger partial charge in [0.05, 0.1) is 11.5 Å². The number of amides is 1. The quantitative estimate of drug-likeness (QED) is 0.660. The minimum absolute atomic E-state index is 0.0256. The molecule has 0 bridgehead atoms. The second-order valence-corrected chi connectivity index (χ2v) is 9.11. The molecular formula is C18H25N3O5S. The summed E-state index contributed by atoms with van der Waals surface area (Å²) in [6.07, 6.45) is 4.17. The lowest BCUT2D eigenvalue weighted by Gasteiger charge is -2.26. The van der Waals surface area contributed by atoms with Crippen molar-refractivity contribution in [1.82, 2.24) is 9.88 Å². The third-order valence-electron chi connectivity index (χ3n) is 5.05. The lowest BCUT2D eigenvalue weighted by molar-refractivity contribution is -0.136. The maximum Gasteiger partial charge on any atom is 0.342 e.